The van der Waals surface area contributed by atoms with Crippen LogP contribution in [-0.2, 0) is 4.79 Å². The van der Waals surface area contributed by atoms with Crippen LogP contribution in [0.2, 0.25) is 0 Å². The highest BCUT2D eigenvalue weighted by molar-refractivity contribution is 9.09. The number of benzene rings is 1. The maximum atomic E-state index is 11.7. The quantitative estimate of drug-likeness (QED) is 0.695. The Bertz CT molecular complexity index is 409. The molecule has 4 heteroatoms. The molecule has 0 aromatic heterocycles. The second-order valence-electron chi connectivity index (χ2n) is 4.97. The van der Waals surface area contributed by atoms with E-state index in [4.69, 9.17) is 4.74 Å². The Morgan fingerprint density at radius 1 is 1.45 bits per heavy atom. The second-order valence-corrected chi connectivity index (χ2v) is 5.76. The molecule has 1 rings (SSSR count). The van der Waals surface area contributed by atoms with Crippen LogP contribution < -0.4 is 10.1 Å². The van der Waals surface area contributed by atoms with Crippen LogP contribution in [0.1, 0.15) is 31.7 Å². The van der Waals surface area contributed by atoms with Crippen molar-refractivity contribution < 1.29 is 9.53 Å². The van der Waals surface area contributed by atoms with Crippen molar-refractivity contribution >= 4 is 21.8 Å². The number of alkyl halides is 1. The van der Waals surface area contributed by atoms with Crippen molar-refractivity contribution in [3.05, 3.63) is 29.8 Å². The molecule has 1 atom stereocenters. The molecule has 0 saturated carbocycles. The number of carbonyl (C=O) groups is 1. The average molecular weight is 342 g/mol. The zero-order valence-corrected chi connectivity index (χ0v) is 13.9. The van der Waals surface area contributed by atoms with Crippen molar-refractivity contribution in [3.63, 3.8) is 0 Å². The molecule has 0 aliphatic heterocycles. The molecule has 1 aromatic rings. The second kappa shape index (κ2) is 9.81. The lowest BCUT2D eigenvalue weighted by atomic mass is 10.0. The van der Waals surface area contributed by atoms with Crippen LogP contribution in [-0.4, -0.2) is 24.4 Å². The Morgan fingerprint density at radius 3 is 2.90 bits per heavy atom. The molecule has 1 N–H and O–H groups in total. The smallest absolute Gasteiger partial charge is 0.223 e. The predicted molar refractivity (Wildman–Crippen MR) is 86.5 cm³/mol. The van der Waals surface area contributed by atoms with E-state index in [1.165, 1.54) is 0 Å². The maximum Gasteiger partial charge on any atom is 0.223 e. The third kappa shape index (κ3) is 6.94. The van der Waals surface area contributed by atoms with Gasteiger partial charge in [-0.2, -0.15) is 0 Å². The summed E-state index contributed by atoms with van der Waals surface area (Å²) in [4.78, 5) is 11.7. The summed E-state index contributed by atoms with van der Waals surface area (Å²) in [6.07, 6.45) is 2.58. The van der Waals surface area contributed by atoms with Gasteiger partial charge in [0.1, 0.15) is 5.75 Å². The van der Waals surface area contributed by atoms with Gasteiger partial charge in [0.2, 0.25) is 5.91 Å². The van der Waals surface area contributed by atoms with Gasteiger partial charge in [-0.3, -0.25) is 4.79 Å². The normalized spacial score (nSPS) is 11.9. The van der Waals surface area contributed by atoms with Gasteiger partial charge in [0.25, 0.3) is 0 Å². The first kappa shape index (κ1) is 17.0. The van der Waals surface area contributed by atoms with Gasteiger partial charge in [-0.1, -0.05) is 41.4 Å². The molecule has 0 aliphatic carbocycles. The van der Waals surface area contributed by atoms with E-state index in [-0.39, 0.29) is 5.91 Å². The van der Waals surface area contributed by atoms with E-state index in [0.717, 1.165) is 36.0 Å². The Kier molecular flexibility index (Phi) is 8.35. The summed E-state index contributed by atoms with van der Waals surface area (Å²) in [5.41, 5.74) is 1.16. The summed E-state index contributed by atoms with van der Waals surface area (Å²) in [6.45, 7) is 5.35. The monoisotopic (exact) mass is 341 g/mol. The summed E-state index contributed by atoms with van der Waals surface area (Å²) >= 11 is 3.44. The highest BCUT2D eigenvalue weighted by atomic mass is 79.9. The number of amides is 1. The van der Waals surface area contributed by atoms with Gasteiger partial charge in [0, 0.05) is 11.9 Å². The minimum Gasteiger partial charge on any atom is -0.493 e. The van der Waals surface area contributed by atoms with E-state index in [1.54, 1.807) is 0 Å². The molecule has 1 aromatic carbocycles. The number of rotatable bonds is 9. The summed E-state index contributed by atoms with van der Waals surface area (Å²) in [7, 11) is 0. The number of halogens is 1. The van der Waals surface area contributed by atoms with Gasteiger partial charge < -0.3 is 10.1 Å². The van der Waals surface area contributed by atoms with Crippen LogP contribution in [0.3, 0.4) is 0 Å². The molecule has 1 amide bonds. The molecule has 0 saturated heterocycles. The SMILES string of the molecule is CCC(CCBr)CNC(=O)CCOc1cccc(C)c1. The lowest BCUT2D eigenvalue weighted by molar-refractivity contribution is -0.121. The molecule has 112 valence electrons. The molecule has 0 aliphatic rings. The van der Waals surface area contributed by atoms with Crippen molar-refractivity contribution in [2.45, 2.75) is 33.1 Å². The van der Waals surface area contributed by atoms with Crippen molar-refractivity contribution in [1.29, 1.82) is 0 Å². The van der Waals surface area contributed by atoms with Gasteiger partial charge >= 0.3 is 0 Å². The number of carbonyl (C=O) groups excluding carboxylic acids is 1. The summed E-state index contributed by atoms with van der Waals surface area (Å²) in [5, 5.41) is 3.96. The fourth-order valence-corrected chi connectivity index (χ4v) is 2.57. The molecule has 0 fully saturated rings. The number of nitrogens with one attached hydrogen (secondary N) is 1. The van der Waals surface area contributed by atoms with Crippen molar-refractivity contribution in [2.75, 3.05) is 18.5 Å². The van der Waals surface area contributed by atoms with E-state index < -0.39 is 0 Å². The van der Waals surface area contributed by atoms with Crippen LogP contribution in [0.4, 0.5) is 0 Å². The summed E-state index contributed by atoms with van der Waals surface area (Å²) in [5.74, 6) is 1.44. The largest absolute Gasteiger partial charge is 0.493 e. The van der Waals surface area contributed by atoms with E-state index in [9.17, 15) is 4.79 Å². The predicted octanol–water partition coefficient (Wildman–Crippen LogP) is 3.69. The minimum absolute atomic E-state index is 0.0608. The van der Waals surface area contributed by atoms with Crippen molar-refractivity contribution in [3.8, 4) is 5.75 Å². The molecule has 0 bridgehead atoms. The molecule has 20 heavy (non-hydrogen) atoms. The molecule has 0 spiro atoms. The molecule has 0 radical (unpaired) electrons. The first-order chi connectivity index (χ1) is 9.65. The van der Waals surface area contributed by atoms with E-state index in [2.05, 4.69) is 28.2 Å². The topological polar surface area (TPSA) is 38.3 Å². The fourth-order valence-electron chi connectivity index (χ4n) is 1.92. The average Bonchev–Trinajstić information content (AvgIpc) is 2.43. The van der Waals surface area contributed by atoms with Gasteiger partial charge in [-0.05, 0) is 37.0 Å². The molecular formula is C16H24BrNO2. The van der Waals surface area contributed by atoms with Crippen LogP contribution in [0.5, 0.6) is 5.75 Å². The fraction of sp³-hybridized carbons (Fsp3) is 0.562. The highest BCUT2D eigenvalue weighted by Gasteiger charge is 2.08. The molecule has 0 heterocycles. The van der Waals surface area contributed by atoms with E-state index >= 15 is 0 Å². The third-order valence-electron chi connectivity index (χ3n) is 3.27. The lowest BCUT2D eigenvalue weighted by Gasteiger charge is -2.14. The lowest BCUT2D eigenvalue weighted by Crippen LogP contribution is -2.30. The third-order valence-corrected chi connectivity index (χ3v) is 3.73. The standard InChI is InChI=1S/C16H24BrNO2/c1-3-14(7-9-17)12-18-16(19)8-10-20-15-6-4-5-13(2)11-15/h4-6,11,14H,3,7-10,12H2,1-2H3,(H,18,19). The van der Waals surface area contributed by atoms with Gasteiger partial charge in [0.15, 0.2) is 0 Å². The number of hydrogen-bond acceptors (Lipinski definition) is 2. The zero-order chi connectivity index (χ0) is 14.8. The van der Waals surface area contributed by atoms with Crippen molar-refractivity contribution in [2.24, 2.45) is 5.92 Å². The van der Waals surface area contributed by atoms with Gasteiger partial charge in [-0.15, -0.1) is 0 Å². The summed E-state index contributed by atoms with van der Waals surface area (Å²) < 4.78 is 5.57. The van der Waals surface area contributed by atoms with Gasteiger partial charge in [0.05, 0.1) is 13.0 Å². The van der Waals surface area contributed by atoms with Gasteiger partial charge in [-0.25, -0.2) is 0 Å². The van der Waals surface area contributed by atoms with Crippen LogP contribution in [0, 0.1) is 12.8 Å². The number of ether oxygens (including phenoxy) is 1. The highest BCUT2D eigenvalue weighted by Crippen LogP contribution is 2.12. The van der Waals surface area contributed by atoms with Crippen molar-refractivity contribution in [1.82, 2.24) is 5.32 Å². The minimum atomic E-state index is 0.0608. The first-order valence-electron chi connectivity index (χ1n) is 7.17. The van der Waals surface area contributed by atoms with Crippen LogP contribution >= 0.6 is 15.9 Å². The maximum absolute atomic E-state index is 11.7. The Balaban J connectivity index is 2.20. The molecule has 1 unspecified atom stereocenters. The number of aryl methyl sites for hydroxylation is 1. The molecule has 3 nitrogen and oxygen atoms in total. The summed E-state index contributed by atoms with van der Waals surface area (Å²) in [6, 6.07) is 7.86. The molecular weight excluding hydrogens is 318 g/mol. The Hall–Kier alpha value is -1.03. The first-order valence-corrected chi connectivity index (χ1v) is 8.30. The Morgan fingerprint density at radius 2 is 2.25 bits per heavy atom. The van der Waals surface area contributed by atoms with E-state index in [0.29, 0.717) is 18.9 Å². The zero-order valence-electron chi connectivity index (χ0n) is 12.3. The van der Waals surface area contributed by atoms with Crippen LogP contribution in [0.25, 0.3) is 0 Å². The Labute approximate surface area is 130 Å². The number of hydrogen-bond donors (Lipinski definition) is 1. The van der Waals surface area contributed by atoms with E-state index in [1.807, 2.05) is 31.2 Å². The van der Waals surface area contributed by atoms with Crippen LogP contribution in [0.15, 0.2) is 24.3 Å².